The summed E-state index contributed by atoms with van der Waals surface area (Å²) in [6.45, 7) is 0.167. The minimum absolute atomic E-state index is 0.0196. The first-order valence-electron chi connectivity index (χ1n) is 9.52. The maximum absolute atomic E-state index is 14.2. The first kappa shape index (κ1) is 21.3. The Hall–Kier alpha value is -3.42. The molecule has 0 saturated carbocycles. The van der Waals surface area contributed by atoms with E-state index in [1.165, 1.54) is 25.1 Å². The number of hydrogen-bond acceptors (Lipinski definition) is 5. The third kappa shape index (κ3) is 4.42. The molecule has 0 spiro atoms. The van der Waals surface area contributed by atoms with Crippen LogP contribution in [0.1, 0.15) is 34.3 Å². The van der Waals surface area contributed by atoms with Gasteiger partial charge in [0.05, 0.1) is 19.7 Å². The molecule has 0 saturated heterocycles. The van der Waals surface area contributed by atoms with Crippen LogP contribution in [0.15, 0.2) is 36.4 Å². The summed E-state index contributed by atoms with van der Waals surface area (Å²) >= 11 is 0. The summed E-state index contributed by atoms with van der Waals surface area (Å²) in [5.41, 5.74) is 1.43. The number of fused-ring (bicyclic) bond motifs is 1. The minimum atomic E-state index is -0.714. The third-order valence-electron chi connectivity index (χ3n) is 5.10. The lowest BCUT2D eigenvalue weighted by atomic mass is 10.1. The quantitative estimate of drug-likeness (QED) is 0.637. The van der Waals surface area contributed by atoms with Gasteiger partial charge in [0.15, 0.2) is 0 Å². The second-order valence-electron chi connectivity index (χ2n) is 6.88. The van der Waals surface area contributed by atoms with E-state index in [-0.39, 0.29) is 37.8 Å². The fourth-order valence-electron chi connectivity index (χ4n) is 3.36. The van der Waals surface area contributed by atoms with Gasteiger partial charge < -0.3 is 24.5 Å². The second kappa shape index (κ2) is 9.39. The lowest BCUT2D eigenvalue weighted by molar-refractivity contribution is -0.121. The van der Waals surface area contributed by atoms with Crippen LogP contribution in [0.2, 0.25) is 0 Å². The van der Waals surface area contributed by atoms with Crippen molar-refractivity contribution in [3.8, 4) is 11.5 Å². The van der Waals surface area contributed by atoms with Crippen molar-refractivity contribution in [3.05, 3.63) is 58.9 Å². The standard InChI is InChI=1S/C22H23FN2O5/c1-24-21(27)9-7-15(12-26)25-11-18-17(22(25)28)4-3-5-20(18)30-13-14-6-8-16(29-2)10-19(14)23/h3-6,8,10,12,15H,7,9,11,13H2,1-2H3,(H,24,27). The van der Waals surface area contributed by atoms with Crippen LogP contribution in [-0.4, -0.2) is 43.2 Å². The molecule has 7 nitrogen and oxygen atoms in total. The molecule has 30 heavy (non-hydrogen) atoms. The highest BCUT2D eigenvalue weighted by molar-refractivity contribution is 6.00. The summed E-state index contributed by atoms with van der Waals surface area (Å²) in [6, 6.07) is 8.84. The fraction of sp³-hybridized carbons (Fsp3) is 0.318. The predicted octanol–water partition coefficient (Wildman–Crippen LogP) is 2.46. The number of nitrogens with one attached hydrogen (secondary N) is 1. The van der Waals surface area contributed by atoms with Gasteiger partial charge in [-0.1, -0.05) is 6.07 Å². The summed E-state index contributed by atoms with van der Waals surface area (Å²) in [7, 11) is 2.98. The van der Waals surface area contributed by atoms with Crippen molar-refractivity contribution in [1.29, 1.82) is 0 Å². The van der Waals surface area contributed by atoms with E-state index in [0.29, 0.717) is 34.5 Å². The van der Waals surface area contributed by atoms with Crippen molar-refractivity contribution < 1.29 is 28.2 Å². The molecular formula is C22H23FN2O5. The van der Waals surface area contributed by atoms with E-state index in [2.05, 4.69) is 5.32 Å². The molecule has 1 N–H and O–H groups in total. The first-order chi connectivity index (χ1) is 14.5. The highest BCUT2D eigenvalue weighted by Gasteiger charge is 2.34. The van der Waals surface area contributed by atoms with Crippen LogP contribution in [0, 0.1) is 5.82 Å². The smallest absolute Gasteiger partial charge is 0.255 e. The highest BCUT2D eigenvalue weighted by atomic mass is 19.1. The van der Waals surface area contributed by atoms with Crippen LogP contribution in [0.5, 0.6) is 11.5 Å². The normalized spacial score (nSPS) is 13.6. The van der Waals surface area contributed by atoms with Gasteiger partial charge in [-0.2, -0.15) is 0 Å². The number of carbonyl (C=O) groups excluding carboxylic acids is 3. The molecule has 158 valence electrons. The zero-order valence-corrected chi connectivity index (χ0v) is 16.8. The fourth-order valence-corrected chi connectivity index (χ4v) is 3.36. The Balaban J connectivity index is 1.74. The number of nitrogens with zero attached hydrogens (tertiary/aromatic N) is 1. The molecule has 1 unspecified atom stereocenters. The molecule has 1 aliphatic rings. The van der Waals surface area contributed by atoms with Crippen LogP contribution >= 0.6 is 0 Å². The highest BCUT2D eigenvalue weighted by Crippen LogP contribution is 2.33. The monoisotopic (exact) mass is 414 g/mol. The number of methoxy groups -OCH3 is 1. The van der Waals surface area contributed by atoms with Crippen molar-refractivity contribution in [2.24, 2.45) is 0 Å². The zero-order valence-electron chi connectivity index (χ0n) is 16.8. The molecule has 2 amide bonds. The average Bonchev–Trinajstić information content (AvgIpc) is 3.10. The number of hydrogen-bond donors (Lipinski definition) is 1. The zero-order chi connectivity index (χ0) is 21.7. The van der Waals surface area contributed by atoms with Crippen molar-refractivity contribution >= 4 is 18.1 Å². The van der Waals surface area contributed by atoms with Gasteiger partial charge in [0.25, 0.3) is 5.91 Å². The van der Waals surface area contributed by atoms with Gasteiger partial charge in [0.1, 0.15) is 30.2 Å². The lowest BCUT2D eigenvalue weighted by Gasteiger charge is -2.22. The van der Waals surface area contributed by atoms with Crippen LogP contribution in [0.4, 0.5) is 4.39 Å². The molecule has 2 aromatic rings. The van der Waals surface area contributed by atoms with Gasteiger partial charge in [-0.05, 0) is 30.7 Å². The predicted molar refractivity (Wildman–Crippen MR) is 107 cm³/mol. The Morgan fingerprint density at radius 1 is 1.33 bits per heavy atom. The summed E-state index contributed by atoms with van der Waals surface area (Å²) in [5, 5.41) is 2.50. The van der Waals surface area contributed by atoms with E-state index >= 15 is 0 Å². The molecule has 1 heterocycles. The molecule has 0 aliphatic carbocycles. The number of ether oxygens (including phenoxy) is 2. The SMILES string of the molecule is CNC(=O)CCC(C=O)N1Cc2c(OCc3ccc(OC)cc3F)cccc2C1=O. The van der Waals surface area contributed by atoms with Crippen molar-refractivity contribution in [2.75, 3.05) is 14.2 Å². The molecule has 2 aromatic carbocycles. The third-order valence-corrected chi connectivity index (χ3v) is 5.10. The molecule has 0 fully saturated rings. The first-order valence-corrected chi connectivity index (χ1v) is 9.52. The van der Waals surface area contributed by atoms with Crippen molar-refractivity contribution in [2.45, 2.75) is 32.0 Å². The molecule has 8 heteroatoms. The van der Waals surface area contributed by atoms with Crippen LogP contribution in [-0.2, 0) is 22.7 Å². The summed E-state index contributed by atoms with van der Waals surface area (Å²) < 4.78 is 25.0. The number of benzene rings is 2. The maximum Gasteiger partial charge on any atom is 0.255 e. The van der Waals surface area contributed by atoms with E-state index in [1.54, 1.807) is 30.3 Å². The maximum atomic E-state index is 14.2. The van der Waals surface area contributed by atoms with Gasteiger partial charge in [-0.3, -0.25) is 9.59 Å². The van der Waals surface area contributed by atoms with E-state index in [4.69, 9.17) is 9.47 Å². The number of aldehydes is 1. The van der Waals surface area contributed by atoms with E-state index in [1.807, 2.05) is 0 Å². The van der Waals surface area contributed by atoms with Crippen LogP contribution in [0.25, 0.3) is 0 Å². The van der Waals surface area contributed by atoms with Crippen molar-refractivity contribution in [3.63, 3.8) is 0 Å². The van der Waals surface area contributed by atoms with E-state index < -0.39 is 11.9 Å². The summed E-state index contributed by atoms with van der Waals surface area (Å²) in [5.74, 6) is -0.0734. The molecule has 3 rings (SSSR count). The Bertz CT molecular complexity index is 963. The number of amides is 2. The van der Waals surface area contributed by atoms with Gasteiger partial charge >= 0.3 is 0 Å². The Kier molecular flexibility index (Phi) is 6.66. The van der Waals surface area contributed by atoms with Gasteiger partial charge in [0.2, 0.25) is 5.91 Å². The molecule has 0 aromatic heterocycles. The summed E-state index contributed by atoms with van der Waals surface area (Å²) in [4.78, 5) is 37.3. The van der Waals surface area contributed by atoms with E-state index in [9.17, 15) is 18.8 Å². The van der Waals surface area contributed by atoms with Crippen LogP contribution < -0.4 is 14.8 Å². The van der Waals surface area contributed by atoms with E-state index in [0.717, 1.165) is 0 Å². The van der Waals surface area contributed by atoms with Gasteiger partial charge in [-0.15, -0.1) is 0 Å². The molecule has 1 atom stereocenters. The van der Waals surface area contributed by atoms with Gasteiger partial charge in [0, 0.05) is 36.2 Å². The Morgan fingerprint density at radius 2 is 2.13 bits per heavy atom. The average molecular weight is 414 g/mol. The number of halogens is 1. The van der Waals surface area contributed by atoms with Crippen molar-refractivity contribution in [1.82, 2.24) is 10.2 Å². The topological polar surface area (TPSA) is 84.9 Å². The number of carbonyl (C=O) groups is 3. The Morgan fingerprint density at radius 3 is 2.80 bits per heavy atom. The van der Waals surface area contributed by atoms with Crippen LogP contribution in [0.3, 0.4) is 0 Å². The molecule has 0 bridgehead atoms. The van der Waals surface area contributed by atoms with Gasteiger partial charge in [-0.25, -0.2) is 4.39 Å². The molecular weight excluding hydrogens is 391 g/mol. The minimum Gasteiger partial charge on any atom is -0.497 e. The summed E-state index contributed by atoms with van der Waals surface area (Å²) in [6.07, 6.45) is 1.05. The number of rotatable bonds is 9. The second-order valence-corrected chi connectivity index (χ2v) is 6.88. The molecule has 1 aliphatic heterocycles. The Labute approximate surface area is 173 Å². The molecule has 0 radical (unpaired) electrons. The largest absolute Gasteiger partial charge is 0.497 e. The lowest BCUT2D eigenvalue weighted by Crippen LogP contribution is -2.37.